The molecule has 2 rings (SSSR count). The Morgan fingerprint density at radius 2 is 2.10 bits per heavy atom. The summed E-state index contributed by atoms with van der Waals surface area (Å²) in [6.45, 7) is 9.06. The van der Waals surface area contributed by atoms with Crippen molar-refractivity contribution in [2.75, 3.05) is 32.7 Å². The largest absolute Gasteiger partial charge is 0.339 e. The minimum Gasteiger partial charge on any atom is -0.339 e. The van der Waals surface area contributed by atoms with Crippen molar-refractivity contribution in [3.05, 3.63) is 0 Å². The van der Waals surface area contributed by atoms with E-state index in [9.17, 15) is 4.79 Å². The van der Waals surface area contributed by atoms with Crippen LogP contribution in [0, 0.1) is 0 Å². The zero-order valence-electron chi connectivity index (χ0n) is 13.2. The van der Waals surface area contributed by atoms with Gasteiger partial charge in [0.15, 0.2) is 0 Å². The molecule has 0 aliphatic carbocycles. The summed E-state index contributed by atoms with van der Waals surface area (Å²) in [5.74, 6) is 0.344. The fourth-order valence-electron chi connectivity index (χ4n) is 3.57. The molecule has 0 aromatic heterocycles. The Labute approximate surface area is 123 Å². The first-order chi connectivity index (χ1) is 9.74. The second-order valence-corrected chi connectivity index (χ2v) is 6.27. The van der Waals surface area contributed by atoms with Gasteiger partial charge in [0.1, 0.15) is 0 Å². The van der Waals surface area contributed by atoms with Crippen LogP contribution < -0.4 is 5.32 Å². The van der Waals surface area contributed by atoms with E-state index < -0.39 is 0 Å². The standard InChI is InChI=1S/C16H31N3O/c1-3-15-9-5-6-11-19(15)16(20)13-18(4-2)12-14-8-7-10-17-14/h14-15,17H,3-13H2,1-2H3. The summed E-state index contributed by atoms with van der Waals surface area (Å²) in [7, 11) is 0. The highest BCUT2D eigenvalue weighted by Crippen LogP contribution is 2.19. The van der Waals surface area contributed by atoms with E-state index in [1.807, 2.05) is 0 Å². The van der Waals surface area contributed by atoms with Gasteiger partial charge in [0.2, 0.25) is 5.91 Å². The molecule has 2 fully saturated rings. The minimum absolute atomic E-state index is 0.344. The molecule has 0 spiro atoms. The molecule has 4 nitrogen and oxygen atoms in total. The third-order valence-electron chi connectivity index (χ3n) is 4.87. The van der Waals surface area contributed by atoms with Crippen LogP contribution >= 0.6 is 0 Å². The lowest BCUT2D eigenvalue weighted by Gasteiger charge is -2.37. The Bertz CT molecular complexity index is 302. The monoisotopic (exact) mass is 281 g/mol. The van der Waals surface area contributed by atoms with Gasteiger partial charge in [-0.15, -0.1) is 0 Å². The van der Waals surface area contributed by atoms with Crippen molar-refractivity contribution in [2.45, 2.75) is 64.5 Å². The van der Waals surface area contributed by atoms with Gasteiger partial charge in [-0.3, -0.25) is 9.69 Å². The molecular weight excluding hydrogens is 250 g/mol. The number of likely N-dealkylation sites (tertiary alicyclic amines) is 1. The maximum Gasteiger partial charge on any atom is 0.236 e. The molecule has 2 unspecified atom stereocenters. The van der Waals surface area contributed by atoms with Crippen LogP contribution in [0.1, 0.15) is 52.4 Å². The summed E-state index contributed by atoms with van der Waals surface area (Å²) in [5.41, 5.74) is 0. The van der Waals surface area contributed by atoms with Crippen molar-refractivity contribution in [3.63, 3.8) is 0 Å². The Kier molecular flexibility index (Phi) is 6.30. The molecule has 2 atom stereocenters. The minimum atomic E-state index is 0.344. The van der Waals surface area contributed by atoms with E-state index in [0.717, 1.165) is 32.6 Å². The first kappa shape index (κ1) is 15.8. The highest BCUT2D eigenvalue weighted by atomic mass is 16.2. The fourth-order valence-corrected chi connectivity index (χ4v) is 3.57. The number of piperidine rings is 1. The molecular formula is C16H31N3O. The molecule has 1 amide bonds. The average Bonchev–Trinajstić information content (AvgIpc) is 2.99. The van der Waals surface area contributed by atoms with E-state index in [2.05, 4.69) is 29.0 Å². The molecule has 116 valence electrons. The van der Waals surface area contributed by atoms with E-state index in [4.69, 9.17) is 0 Å². The van der Waals surface area contributed by atoms with Gasteiger partial charge in [0.05, 0.1) is 6.54 Å². The topological polar surface area (TPSA) is 35.6 Å². The van der Waals surface area contributed by atoms with E-state index in [0.29, 0.717) is 24.5 Å². The van der Waals surface area contributed by atoms with Gasteiger partial charge < -0.3 is 10.2 Å². The lowest BCUT2D eigenvalue weighted by molar-refractivity contribution is -0.136. The zero-order chi connectivity index (χ0) is 14.4. The van der Waals surface area contributed by atoms with Crippen LogP contribution in [0.2, 0.25) is 0 Å². The van der Waals surface area contributed by atoms with E-state index >= 15 is 0 Å². The van der Waals surface area contributed by atoms with Crippen LogP contribution in [0.5, 0.6) is 0 Å². The van der Waals surface area contributed by atoms with Crippen molar-refractivity contribution in [2.24, 2.45) is 0 Å². The summed E-state index contributed by atoms with van der Waals surface area (Å²) in [6.07, 6.45) is 7.29. The molecule has 0 radical (unpaired) electrons. The normalized spacial score (nSPS) is 27.2. The highest BCUT2D eigenvalue weighted by molar-refractivity contribution is 5.78. The smallest absolute Gasteiger partial charge is 0.236 e. The third kappa shape index (κ3) is 4.19. The Morgan fingerprint density at radius 1 is 1.25 bits per heavy atom. The molecule has 4 heteroatoms. The van der Waals surface area contributed by atoms with Gasteiger partial charge in [-0.2, -0.15) is 0 Å². The van der Waals surface area contributed by atoms with Gasteiger partial charge in [0.25, 0.3) is 0 Å². The number of hydrogen-bond donors (Lipinski definition) is 1. The Hall–Kier alpha value is -0.610. The maximum atomic E-state index is 12.6. The summed E-state index contributed by atoms with van der Waals surface area (Å²) in [6, 6.07) is 1.07. The molecule has 0 bridgehead atoms. The first-order valence-corrected chi connectivity index (χ1v) is 8.49. The van der Waals surface area contributed by atoms with Crippen LogP contribution in [0.4, 0.5) is 0 Å². The molecule has 0 aromatic rings. The van der Waals surface area contributed by atoms with Crippen LogP contribution in [0.3, 0.4) is 0 Å². The average molecular weight is 281 g/mol. The summed E-state index contributed by atoms with van der Waals surface area (Å²) in [4.78, 5) is 17.0. The van der Waals surface area contributed by atoms with Crippen molar-refractivity contribution in [3.8, 4) is 0 Å². The molecule has 0 aromatic carbocycles. The highest BCUT2D eigenvalue weighted by Gasteiger charge is 2.27. The quantitative estimate of drug-likeness (QED) is 0.807. The molecule has 1 N–H and O–H groups in total. The molecule has 2 heterocycles. The summed E-state index contributed by atoms with van der Waals surface area (Å²) in [5, 5.41) is 3.53. The van der Waals surface area contributed by atoms with Gasteiger partial charge >= 0.3 is 0 Å². The van der Waals surface area contributed by atoms with Gasteiger partial charge in [-0.05, 0) is 51.6 Å². The number of carbonyl (C=O) groups excluding carboxylic acids is 1. The molecule has 0 saturated carbocycles. The van der Waals surface area contributed by atoms with Crippen molar-refractivity contribution in [1.29, 1.82) is 0 Å². The zero-order valence-corrected chi connectivity index (χ0v) is 13.2. The lowest BCUT2D eigenvalue weighted by atomic mass is 10.00. The number of nitrogens with zero attached hydrogens (tertiary/aromatic N) is 2. The third-order valence-corrected chi connectivity index (χ3v) is 4.87. The SMILES string of the molecule is CCC1CCCCN1C(=O)CN(CC)CC1CCCN1. The van der Waals surface area contributed by atoms with Gasteiger partial charge in [-0.1, -0.05) is 13.8 Å². The van der Waals surface area contributed by atoms with Gasteiger partial charge in [0, 0.05) is 25.2 Å². The van der Waals surface area contributed by atoms with Crippen LogP contribution in [0.25, 0.3) is 0 Å². The second kappa shape index (κ2) is 7.99. The van der Waals surface area contributed by atoms with E-state index in [1.165, 1.54) is 32.1 Å². The molecule has 2 aliphatic heterocycles. The summed E-state index contributed by atoms with van der Waals surface area (Å²) >= 11 is 0. The number of likely N-dealkylation sites (N-methyl/N-ethyl adjacent to an activating group) is 1. The fraction of sp³-hybridized carbons (Fsp3) is 0.938. The number of carbonyl (C=O) groups is 1. The van der Waals surface area contributed by atoms with Gasteiger partial charge in [-0.25, -0.2) is 0 Å². The number of amides is 1. The van der Waals surface area contributed by atoms with Crippen molar-refractivity contribution >= 4 is 5.91 Å². The number of rotatable bonds is 6. The number of nitrogens with one attached hydrogen (secondary N) is 1. The Morgan fingerprint density at radius 3 is 2.75 bits per heavy atom. The molecule has 2 saturated heterocycles. The van der Waals surface area contributed by atoms with Crippen LogP contribution in [-0.2, 0) is 4.79 Å². The van der Waals surface area contributed by atoms with E-state index in [-0.39, 0.29) is 0 Å². The van der Waals surface area contributed by atoms with Crippen molar-refractivity contribution < 1.29 is 4.79 Å². The Balaban J connectivity index is 1.83. The van der Waals surface area contributed by atoms with E-state index in [1.54, 1.807) is 0 Å². The summed E-state index contributed by atoms with van der Waals surface area (Å²) < 4.78 is 0. The van der Waals surface area contributed by atoms with Crippen LogP contribution in [0.15, 0.2) is 0 Å². The predicted molar refractivity (Wildman–Crippen MR) is 82.8 cm³/mol. The van der Waals surface area contributed by atoms with Crippen LogP contribution in [-0.4, -0.2) is 60.5 Å². The molecule has 2 aliphatic rings. The second-order valence-electron chi connectivity index (χ2n) is 6.27. The first-order valence-electron chi connectivity index (χ1n) is 8.49. The maximum absolute atomic E-state index is 12.6. The van der Waals surface area contributed by atoms with Crippen molar-refractivity contribution in [1.82, 2.24) is 15.1 Å². The number of hydrogen-bond acceptors (Lipinski definition) is 3. The molecule has 20 heavy (non-hydrogen) atoms. The lowest BCUT2D eigenvalue weighted by Crippen LogP contribution is -2.49. The predicted octanol–water partition coefficient (Wildman–Crippen LogP) is 1.85.